The topological polar surface area (TPSA) is 72.6 Å². The lowest BCUT2D eigenvalue weighted by molar-refractivity contribution is 0.168. The van der Waals surface area contributed by atoms with Gasteiger partial charge in [-0.2, -0.15) is 0 Å². The molecule has 1 aromatic carbocycles. The van der Waals surface area contributed by atoms with E-state index < -0.39 is 9.84 Å². The lowest BCUT2D eigenvalue weighted by atomic mass is 9.97. The Kier molecular flexibility index (Phi) is 4.91. The first-order valence-corrected chi connectivity index (χ1v) is 8.98. The molecule has 2 rings (SSSR count). The maximum absolute atomic E-state index is 11.7. The summed E-state index contributed by atoms with van der Waals surface area (Å²) >= 11 is 0. The molecular formula is C15H24N2O3S. The fourth-order valence-electron chi connectivity index (χ4n) is 3.06. The molecule has 3 unspecified atom stereocenters. The Morgan fingerprint density at radius 1 is 1.43 bits per heavy atom. The summed E-state index contributed by atoms with van der Waals surface area (Å²) in [6.07, 6.45) is 0.673. The molecular weight excluding hydrogens is 288 g/mol. The van der Waals surface area contributed by atoms with E-state index in [0.717, 1.165) is 11.3 Å². The van der Waals surface area contributed by atoms with Crippen molar-refractivity contribution in [2.45, 2.75) is 31.5 Å². The van der Waals surface area contributed by atoms with Crippen molar-refractivity contribution in [1.82, 2.24) is 4.90 Å². The Morgan fingerprint density at radius 3 is 2.67 bits per heavy atom. The average Bonchev–Trinajstić information content (AvgIpc) is 2.79. The van der Waals surface area contributed by atoms with Crippen molar-refractivity contribution in [3.05, 3.63) is 29.8 Å². The van der Waals surface area contributed by atoms with Gasteiger partial charge in [0.05, 0.1) is 18.6 Å². The molecule has 1 saturated heterocycles. The maximum Gasteiger partial charge on any atom is 0.151 e. The summed E-state index contributed by atoms with van der Waals surface area (Å²) in [6, 6.07) is 7.69. The minimum absolute atomic E-state index is 0.0252. The number of ether oxygens (including phenoxy) is 1. The van der Waals surface area contributed by atoms with Gasteiger partial charge in [0.25, 0.3) is 0 Å². The molecule has 1 aliphatic rings. The number of nitrogens with zero attached hydrogens (tertiary/aromatic N) is 1. The largest absolute Gasteiger partial charge is 0.497 e. The zero-order valence-electron chi connectivity index (χ0n) is 12.8. The van der Waals surface area contributed by atoms with Gasteiger partial charge in [0.1, 0.15) is 5.75 Å². The molecule has 0 saturated carbocycles. The smallest absolute Gasteiger partial charge is 0.151 e. The number of benzene rings is 1. The molecule has 1 aromatic rings. The second kappa shape index (κ2) is 6.34. The van der Waals surface area contributed by atoms with Crippen molar-refractivity contribution < 1.29 is 13.2 Å². The van der Waals surface area contributed by atoms with Gasteiger partial charge in [-0.15, -0.1) is 0 Å². The predicted molar refractivity (Wildman–Crippen MR) is 84.2 cm³/mol. The van der Waals surface area contributed by atoms with E-state index in [1.54, 1.807) is 7.11 Å². The highest BCUT2D eigenvalue weighted by molar-refractivity contribution is 7.91. The highest BCUT2D eigenvalue weighted by atomic mass is 32.2. The molecule has 6 heteroatoms. The van der Waals surface area contributed by atoms with Crippen LogP contribution in [0.5, 0.6) is 5.75 Å². The van der Waals surface area contributed by atoms with Crippen LogP contribution in [0.15, 0.2) is 24.3 Å². The molecule has 0 bridgehead atoms. The number of sulfone groups is 1. The lowest BCUT2D eigenvalue weighted by Crippen LogP contribution is -2.43. The van der Waals surface area contributed by atoms with Crippen molar-refractivity contribution >= 4 is 9.84 Å². The molecule has 2 N–H and O–H groups in total. The van der Waals surface area contributed by atoms with Gasteiger partial charge in [-0.05, 0) is 38.1 Å². The molecule has 0 spiro atoms. The van der Waals surface area contributed by atoms with E-state index >= 15 is 0 Å². The molecule has 21 heavy (non-hydrogen) atoms. The van der Waals surface area contributed by atoms with Crippen LogP contribution in [0.2, 0.25) is 0 Å². The van der Waals surface area contributed by atoms with Crippen molar-refractivity contribution in [2.75, 3.05) is 25.7 Å². The number of nitrogens with two attached hydrogens (primary N) is 1. The van der Waals surface area contributed by atoms with Gasteiger partial charge in [-0.25, -0.2) is 8.42 Å². The Morgan fingerprint density at radius 2 is 2.14 bits per heavy atom. The van der Waals surface area contributed by atoms with E-state index in [0.29, 0.717) is 6.42 Å². The van der Waals surface area contributed by atoms with Crippen LogP contribution in [0, 0.1) is 0 Å². The van der Waals surface area contributed by atoms with Gasteiger partial charge in [-0.3, -0.25) is 4.90 Å². The Labute approximate surface area is 127 Å². The van der Waals surface area contributed by atoms with Crippen LogP contribution in [0.25, 0.3) is 0 Å². The van der Waals surface area contributed by atoms with Crippen molar-refractivity contribution in [1.29, 1.82) is 0 Å². The van der Waals surface area contributed by atoms with E-state index in [-0.39, 0.29) is 29.6 Å². The van der Waals surface area contributed by atoms with Gasteiger partial charge >= 0.3 is 0 Å². The fourth-order valence-corrected chi connectivity index (χ4v) is 4.84. The second-order valence-corrected chi connectivity index (χ2v) is 8.03. The molecule has 1 aliphatic heterocycles. The standard InChI is InChI=1S/C15H24N2O3S/c1-11(16)15(12-5-4-6-14(9-12)20-3)17(2)13-7-8-21(18,19)10-13/h4-6,9,11,13,15H,7-8,10,16H2,1-3H3. The summed E-state index contributed by atoms with van der Waals surface area (Å²) in [6.45, 7) is 1.95. The van der Waals surface area contributed by atoms with Gasteiger partial charge in [-0.1, -0.05) is 12.1 Å². The van der Waals surface area contributed by atoms with Gasteiger partial charge in [0.2, 0.25) is 0 Å². The van der Waals surface area contributed by atoms with Crippen LogP contribution in [0.1, 0.15) is 24.9 Å². The Bertz CT molecular complexity index is 586. The van der Waals surface area contributed by atoms with Crippen LogP contribution in [0.3, 0.4) is 0 Å². The molecule has 1 heterocycles. The molecule has 0 radical (unpaired) electrons. The molecule has 0 aromatic heterocycles. The third-order valence-electron chi connectivity index (χ3n) is 4.16. The summed E-state index contributed by atoms with van der Waals surface area (Å²) < 4.78 is 28.7. The molecule has 3 atom stereocenters. The van der Waals surface area contributed by atoms with Crippen LogP contribution >= 0.6 is 0 Å². The third-order valence-corrected chi connectivity index (χ3v) is 5.91. The van der Waals surface area contributed by atoms with Crippen molar-refractivity contribution in [3.63, 3.8) is 0 Å². The third kappa shape index (κ3) is 3.75. The normalized spacial score (nSPS) is 24.0. The van der Waals surface area contributed by atoms with Crippen LogP contribution in [0.4, 0.5) is 0 Å². The van der Waals surface area contributed by atoms with E-state index in [1.165, 1.54) is 0 Å². The predicted octanol–water partition coefficient (Wildman–Crippen LogP) is 1.20. The number of methoxy groups -OCH3 is 1. The minimum atomic E-state index is -2.90. The zero-order valence-corrected chi connectivity index (χ0v) is 13.6. The van der Waals surface area contributed by atoms with Gasteiger partial charge in [0, 0.05) is 18.1 Å². The molecule has 0 aliphatic carbocycles. The molecule has 118 valence electrons. The number of rotatable bonds is 5. The average molecular weight is 312 g/mol. The lowest BCUT2D eigenvalue weighted by Gasteiger charge is -2.35. The van der Waals surface area contributed by atoms with E-state index in [9.17, 15) is 8.42 Å². The molecule has 1 fully saturated rings. The zero-order chi connectivity index (χ0) is 15.6. The number of hydrogen-bond donors (Lipinski definition) is 1. The Hall–Kier alpha value is -1.11. The van der Waals surface area contributed by atoms with Crippen molar-refractivity contribution in [3.8, 4) is 5.75 Å². The summed E-state index contributed by atoms with van der Waals surface area (Å²) in [7, 11) is 0.688. The van der Waals surface area contributed by atoms with Crippen LogP contribution < -0.4 is 10.5 Å². The van der Waals surface area contributed by atoms with Gasteiger partial charge in [0.15, 0.2) is 9.84 Å². The van der Waals surface area contributed by atoms with E-state index in [1.807, 2.05) is 38.2 Å². The monoisotopic (exact) mass is 312 g/mol. The summed E-state index contributed by atoms with van der Waals surface area (Å²) in [5, 5.41) is 0. The summed E-state index contributed by atoms with van der Waals surface area (Å²) in [5.41, 5.74) is 7.22. The highest BCUT2D eigenvalue weighted by Crippen LogP contribution is 2.30. The van der Waals surface area contributed by atoms with Crippen LogP contribution in [-0.4, -0.2) is 51.1 Å². The second-order valence-electron chi connectivity index (χ2n) is 5.80. The first-order chi connectivity index (χ1) is 9.84. The van der Waals surface area contributed by atoms with E-state index in [4.69, 9.17) is 10.5 Å². The Balaban J connectivity index is 2.26. The summed E-state index contributed by atoms with van der Waals surface area (Å²) in [5.74, 6) is 1.27. The summed E-state index contributed by atoms with van der Waals surface area (Å²) in [4.78, 5) is 2.10. The maximum atomic E-state index is 11.7. The molecule has 0 amide bonds. The first kappa shape index (κ1) is 16.3. The van der Waals surface area contributed by atoms with Crippen LogP contribution in [-0.2, 0) is 9.84 Å². The SMILES string of the molecule is COc1cccc(C(C(C)N)N(C)C2CCS(=O)(=O)C2)c1. The minimum Gasteiger partial charge on any atom is -0.497 e. The first-order valence-electron chi connectivity index (χ1n) is 7.16. The highest BCUT2D eigenvalue weighted by Gasteiger charge is 2.35. The quantitative estimate of drug-likeness (QED) is 0.884. The number of likely N-dealkylation sites (N-methyl/N-ethyl adjacent to an activating group) is 1. The van der Waals surface area contributed by atoms with Gasteiger partial charge < -0.3 is 10.5 Å². The van der Waals surface area contributed by atoms with E-state index in [2.05, 4.69) is 4.90 Å². The van der Waals surface area contributed by atoms with Crippen molar-refractivity contribution in [2.24, 2.45) is 5.73 Å². The number of hydrogen-bond acceptors (Lipinski definition) is 5. The fraction of sp³-hybridized carbons (Fsp3) is 0.600. The molecule has 5 nitrogen and oxygen atoms in total.